The second kappa shape index (κ2) is 12.3. The SMILES string of the molecule is CCOC(=O)C(NC(=O)c1cnc(-c2cccc(-c3cc(C(=O)NC(C4CC4)C4CC4)n(CCO)n3)c2)o1)C(C)C. The molecular weight excluding hydrogens is 526 g/mol. The van der Waals surface area contributed by atoms with Crippen LogP contribution in [0.1, 0.15) is 67.5 Å². The number of aliphatic hydroxyl groups excluding tert-OH is 1. The van der Waals surface area contributed by atoms with Crippen LogP contribution in [0.25, 0.3) is 22.7 Å². The lowest BCUT2D eigenvalue weighted by Gasteiger charge is -2.19. The zero-order chi connectivity index (χ0) is 29.1. The van der Waals surface area contributed by atoms with Gasteiger partial charge in [-0.3, -0.25) is 14.3 Å². The van der Waals surface area contributed by atoms with Gasteiger partial charge in [0.05, 0.1) is 31.6 Å². The molecule has 11 heteroatoms. The summed E-state index contributed by atoms with van der Waals surface area (Å²) in [6.45, 7) is 5.60. The third-order valence-corrected chi connectivity index (χ3v) is 7.51. The molecule has 1 aromatic carbocycles. The van der Waals surface area contributed by atoms with Gasteiger partial charge in [0, 0.05) is 17.2 Å². The molecule has 3 aromatic rings. The zero-order valence-electron chi connectivity index (χ0n) is 23.6. The molecule has 2 amide bonds. The lowest BCUT2D eigenvalue weighted by atomic mass is 10.0. The quantitative estimate of drug-likeness (QED) is 0.268. The summed E-state index contributed by atoms with van der Waals surface area (Å²) in [6.07, 6.45) is 5.94. The molecule has 0 aliphatic heterocycles. The average Bonchev–Trinajstić information content (AvgIpc) is 3.89. The monoisotopic (exact) mass is 563 g/mol. The normalized spacial score (nSPS) is 15.7. The van der Waals surface area contributed by atoms with Crippen molar-refractivity contribution in [1.82, 2.24) is 25.4 Å². The van der Waals surface area contributed by atoms with Gasteiger partial charge in [0.15, 0.2) is 0 Å². The van der Waals surface area contributed by atoms with Gasteiger partial charge in [0.2, 0.25) is 11.7 Å². The van der Waals surface area contributed by atoms with Crippen molar-refractivity contribution in [1.29, 1.82) is 0 Å². The predicted molar refractivity (Wildman–Crippen MR) is 150 cm³/mol. The Hall–Kier alpha value is -3.99. The van der Waals surface area contributed by atoms with Crippen molar-refractivity contribution in [2.75, 3.05) is 13.2 Å². The van der Waals surface area contributed by atoms with Gasteiger partial charge in [-0.15, -0.1) is 0 Å². The summed E-state index contributed by atoms with van der Waals surface area (Å²) < 4.78 is 12.4. The summed E-state index contributed by atoms with van der Waals surface area (Å²) in [7, 11) is 0. The van der Waals surface area contributed by atoms with Crippen LogP contribution in [0.3, 0.4) is 0 Å². The number of oxazole rings is 1. The Morgan fingerprint density at radius 1 is 1.07 bits per heavy atom. The Kier molecular flexibility index (Phi) is 8.53. The van der Waals surface area contributed by atoms with Crippen molar-refractivity contribution in [2.24, 2.45) is 17.8 Å². The molecular formula is C30H37N5O6. The van der Waals surface area contributed by atoms with Gasteiger partial charge in [-0.25, -0.2) is 9.78 Å². The molecule has 11 nitrogen and oxygen atoms in total. The molecule has 2 heterocycles. The fraction of sp³-hybridized carbons (Fsp3) is 0.500. The Morgan fingerprint density at radius 2 is 1.78 bits per heavy atom. The van der Waals surface area contributed by atoms with Gasteiger partial charge in [-0.1, -0.05) is 26.0 Å². The van der Waals surface area contributed by atoms with Crippen molar-refractivity contribution >= 4 is 17.8 Å². The standard InChI is InChI=1S/C30H37N5O6/c1-4-40-30(39)25(17(2)3)32-28(38)24-16-31-29(41-24)21-7-5-6-20(14-21)22-15-23(35(34-22)12-13-36)27(37)33-26(18-8-9-18)19-10-11-19/h5-7,14-19,25-26,36H,4,8-13H2,1-3H3,(H,32,38)(H,33,37). The van der Waals surface area contributed by atoms with Crippen molar-refractivity contribution < 1.29 is 28.6 Å². The summed E-state index contributed by atoms with van der Waals surface area (Å²) in [5.74, 6) is -0.123. The Bertz CT molecular complexity index is 1390. The van der Waals surface area contributed by atoms with E-state index in [2.05, 4.69) is 20.7 Å². The highest BCUT2D eigenvalue weighted by Crippen LogP contribution is 2.44. The lowest BCUT2D eigenvalue weighted by Crippen LogP contribution is -2.45. The number of carbonyl (C=O) groups is 3. The smallest absolute Gasteiger partial charge is 0.328 e. The maximum Gasteiger partial charge on any atom is 0.328 e. The molecule has 41 heavy (non-hydrogen) atoms. The molecule has 1 unspecified atom stereocenters. The maximum atomic E-state index is 13.3. The molecule has 2 aliphatic rings. The number of rotatable bonds is 13. The van der Waals surface area contributed by atoms with E-state index in [1.54, 1.807) is 19.1 Å². The highest BCUT2D eigenvalue weighted by Gasteiger charge is 2.42. The van der Waals surface area contributed by atoms with Crippen LogP contribution in [-0.4, -0.2) is 63.0 Å². The molecule has 2 aromatic heterocycles. The van der Waals surface area contributed by atoms with Crippen LogP contribution in [-0.2, 0) is 16.1 Å². The predicted octanol–water partition coefficient (Wildman–Crippen LogP) is 3.43. The van der Waals surface area contributed by atoms with E-state index in [0.29, 0.717) is 28.8 Å². The highest BCUT2D eigenvalue weighted by atomic mass is 16.5. The third kappa shape index (κ3) is 6.67. The first-order valence-electron chi connectivity index (χ1n) is 14.3. The largest absolute Gasteiger partial charge is 0.464 e. The Balaban J connectivity index is 1.33. The van der Waals surface area contributed by atoms with Crippen LogP contribution >= 0.6 is 0 Å². The molecule has 2 aliphatic carbocycles. The van der Waals surface area contributed by atoms with Crippen molar-refractivity contribution in [3.05, 3.63) is 48.0 Å². The maximum absolute atomic E-state index is 13.3. The summed E-state index contributed by atoms with van der Waals surface area (Å²) in [5.41, 5.74) is 2.30. The zero-order valence-corrected chi connectivity index (χ0v) is 23.6. The number of benzene rings is 1. The number of nitrogens with zero attached hydrogens (tertiary/aromatic N) is 3. The van der Waals surface area contributed by atoms with Crippen LogP contribution in [0.5, 0.6) is 0 Å². The fourth-order valence-electron chi connectivity index (χ4n) is 5.03. The van der Waals surface area contributed by atoms with Gasteiger partial charge >= 0.3 is 5.97 Å². The van der Waals surface area contributed by atoms with Crippen LogP contribution in [0.2, 0.25) is 0 Å². The van der Waals surface area contributed by atoms with E-state index in [4.69, 9.17) is 9.15 Å². The summed E-state index contributed by atoms with van der Waals surface area (Å²) in [5, 5.41) is 20.1. The number of hydrogen-bond acceptors (Lipinski definition) is 8. The molecule has 0 radical (unpaired) electrons. The molecule has 3 N–H and O–H groups in total. The molecule has 0 bridgehead atoms. The van der Waals surface area contributed by atoms with Crippen molar-refractivity contribution in [2.45, 2.75) is 65.1 Å². The van der Waals surface area contributed by atoms with E-state index in [1.165, 1.54) is 10.9 Å². The number of carbonyl (C=O) groups excluding carboxylic acids is 3. The lowest BCUT2D eigenvalue weighted by molar-refractivity contribution is -0.146. The Labute approximate surface area is 238 Å². The molecule has 2 saturated carbocycles. The minimum absolute atomic E-state index is 0.0348. The van der Waals surface area contributed by atoms with Gasteiger partial charge in [-0.05, 0) is 68.6 Å². The van der Waals surface area contributed by atoms with Crippen LogP contribution < -0.4 is 10.6 Å². The number of aromatic nitrogens is 3. The van der Waals surface area contributed by atoms with Gasteiger partial charge in [0.1, 0.15) is 11.7 Å². The number of amides is 2. The van der Waals surface area contributed by atoms with Crippen molar-refractivity contribution in [3.8, 4) is 22.7 Å². The molecule has 5 rings (SSSR count). The first-order chi connectivity index (χ1) is 19.8. The van der Waals surface area contributed by atoms with Crippen LogP contribution in [0.15, 0.2) is 40.9 Å². The minimum atomic E-state index is -0.816. The Morgan fingerprint density at radius 3 is 2.41 bits per heavy atom. The number of aliphatic hydroxyl groups is 1. The number of ether oxygens (including phenoxy) is 1. The first kappa shape index (κ1) is 28.5. The number of hydrogen-bond donors (Lipinski definition) is 3. The average molecular weight is 564 g/mol. The van der Waals surface area contributed by atoms with Gasteiger partial charge in [0.25, 0.3) is 11.8 Å². The number of nitrogens with one attached hydrogen (secondary N) is 2. The molecule has 0 saturated heterocycles. The van der Waals surface area contributed by atoms with Crippen LogP contribution in [0, 0.1) is 17.8 Å². The summed E-state index contributed by atoms with van der Waals surface area (Å²) >= 11 is 0. The van der Waals surface area contributed by atoms with E-state index in [9.17, 15) is 19.5 Å². The summed E-state index contributed by atoms with van der Waals surface area (Å²) in [6, 6.07) is 8.40. The van der Waals surface area contributed by atoms with Gasteiger partial charge in [-0.2, -0.15) is 5.10 Å². The van der Waals surface area contributed by atoms with E-state index in [1.807, 2.05) is 32.0 Å². The minimum Gasteiger partial charge on any atom is -0.464 e. The second-order valence-corrected chi connectivity index (χ2v) is 11.1. The van der Waals surface area contributed by atoms with E-state index in [-0.39, 0.29) is 49.3 Å². The van der Waals surface area contributed by atoms with E-state index < -0.39 is 17.9 Å². The van der Waals surface area contributed by atoms with E-state index >= 15 is 0 Å². The number of esters is 1. The highest BCUT2D eigenvalue weighted by molar-refractivity contribution is 5.95. The second-order valence-electron chi connectivity index (χ2n) is 11.1. The third-order valence-electron chi connectivity index (χ3n) is 7.51. The first-order valence-corrected chi connectivity index (χ1v) is 14.3. The topological polar surface area (TPSA) is 149 Å². The van der Waals surface area contributed by atoms with Crippen molar-refractivity contribution in [3.63, 3.8) is 0 Å². The molecule has 1 atom stereocenters. The molecule has 2 fully saturated rings. The summed E-state index contributed by atoms with van der Waals surface area (Å²) in [4.78, 5) is 42.6. The molecule has 218 valence electrons. The molecule has 0 spiro atoms. The van der Waals surface area contributed by atoms with E-state index in [0.717, 1.165) is 31.2 Å². The van der Waals surface area contributed by atoms with Gasteiger partial charge < -0.3 is 24.9 Å². The van der Waals surface area contributed by atoms with Crippen LogP contribution in [0.4, 0.5) is 0 Å². The fourth-order valence-corrected chi connectivity index (χ4v) is 5.03.